The van der Waals surface area contributed by atoms with Crippen LogP contribution in [0.3, 0.4) is 0 Å². The van der Waals surface area contributed by atoms with Gasteiger partial charge in [-0.3, -0.25) is 4.79 Å². The van der Waals surface area contributed by atoms with Gasteiger partial charge in [-0.05, 0) is 12.1 Å². The molecule has 1 unspecified atom stereocenters. The maximum absolute atomic E-state index is 11.8. The van der Waals surface area contributed by atoms with Crippen molar-refractivity contribution in [2.75, 3.05) is 32.7 Å². The number of hydrogen-bond acceptors (Lipinski definition) is 5. The molecule has 1 aromatic carbocycles. The first kappa shape index (κ1) is 14.3. The molecule has 0 aliphatic heterocycles. The van der Waals surface area contributed by atoms with Crippen molar-refractivity contribution in [3.63, 3.8) is 0 Å². The van der Waals surface area contributed by atoms with Gasteiger partial charge < -0.3 is 25.2 Å². The molecule has 1 amide bonds. The second-order valence-corrected chi connectivity index (χ2v) is 3.69. The summed E-state index contributed by atoms with van der Waals surface area (Å²) in [5.74, 6) is 0.617. The van der Waals surface area contributed by atoms with Crippen molar-refractivity contribution in [1.82, 2.24) is 0 Å². The highest BCUT2D eigenvalue weighted by Gasteiger charge is 2.21. The normalized spacial score (nSPS) is 11.8. The lowest BCUT2D eigenvalue weighted by molar-refractivity contribution is -0.125. The summed E-state index contributed by atoms with van der Waals surface area (Å²) in [4.78, 5) is 13.1. The molecule has 1 atom stereocenters. The van der Waals surface area contributed by atoms with E-state index in [2.05, 4.69) is 0 Å². The highest BCUT2D eigenvalue weighted by atomic mass is 16.5. The third-order valence-electron chi connectivity index (χ3n) is 2.59. The maximum atomic E-state index is 11.8. The topological polar surface area (TPSA) is 85.0 Å². The van der Waals surface area contributed by atoms with Gasteiger partial charge in [-0.15, -0.1) is 0 Å². The van der Waals surface area contributed by atoms with Gasteiger partial charge in [0.25, 0.3) is 5.91 Å². The van der Waals surface area contributed by atoms with Crippen LogP contribution < -0.4 is 20.1 Å². The predicted molar refractivity (Wildman–Crippen MR) is 68.0 cm³/mol. The number of aliphatic hydroxyl groups excluding tert-OH is 1. The summed E-state index contributed by atoms with van der Waals surface area (Å²) in [6.07, 6.45) is -1.22. The minimum Gasteiger partial charge on any atom is -0.497 e. The van der Waals surface area contributed by atoms with Gasteiger partial charge in [-0.1, -0.05) is 0 Å². The van der Waals surface area contributed by atoms with Crippen LogP contribution in [-0.4, -0.2) is 44.9 Å². The summed E-state index contributed by atoms with van der Waals surface area (Å²) in [6.45, 7) is -0.123. The Labute approximate surface area is 106 Å². The van der Waals surface area contributed by atoms with E-state index >= 15 is 0 Å². The van der Waals surface area contributed by atoms with E-state index in [4.69, 9.17) is 15.2 Å². The van der Waals surface area contributed by atoms with Crippen LogP contribution in [0.5, 0.6) is 11.5 Å². The fourth-order valence-corrected chi connectivity index (χ4v) is 1.51. The zero-order chi connectivity index (χ0) is 13.7. The van der Waals surface area contributed by atoms with Crippen molar-refractivity contribution >= 4 is 11.6 Å². The Bertz CT molecular complexity index is 423. The number of amides is 1. The van der Waals surface area contributed by atoms with Crippen LogP contribution >= 0.6 is 0 Å². The van der Waals surface area contributed by atoms with Crippen LogP contribution in [0.2, 0.25) is 0 Å². The van der Waals surface area contributed by atoms with Crippen LogP contribution in [0, 0.1) is 0 Å². The number of anilines is 1. The van der Waals surface area contributed by atoms with Crippen molar-refractivity contribution in [3.8, 4) is 11.5 Å². The lowest BCUT2D eigenvalue weighted by atomic mass is 10.2. The van der Waals surface area contributed by atoms with Gasteiger partial charge in [0.2, 0.25) is 0 Å². The number of rotatable bonds is 5. The molecule has 0 aliphatic carbocycles. The Kier molecular flexibility index (Phi) is 4.94. The number of carbonyl (C=O) groups excluding carboxylic acids is 1. The number of nitrogens with zero attached hydrogens (tertiary/aromatic N) is 1. The molecule has 0 heterocycles. The number of likely N-dealkylation sites (N-methyl/N-ethyl adjacent to an activating group) is 1. The van der Waals surface area contributed by atoms with Gasteiger partial charge in [0, 0.05) is 19.7 Å². The molecule has 100 valence electrons. The Morgan fingerprint density at radius 3 is 2.61 bits per heavy atom. The van der Waals surface area contributed by atoms with Crippen molar-refractivity contribution in [2.24, 2.45) is 5.73 Å². The molecule has 0 aliphatic rings. The van der Waals surface area contributed by atoms with Crippen molar-refractivity contribution < 1.29 is 19.4 Å². The third-order valence-corrected chi connectivity index (χ3v) is 2.59. The number of hydrogen-bond donors (Lipinski definition) is 2. The number of aliphatic hydroxyl groups is 1. The van der Waals surface area contributed by atoms with Gasteiger partial charge in [0.1, 0.15) is 17.6 Å². The van der Waals surface area contributed by atoms with Crippen LogP contribution in [0.4, 0.5) is 5.69 Å². The molecule has 3 N–H and O–H groups in total. The molecule has 0 spiro atoms. The van der Waals surface area contributed by atoms with Gasteiger partial charge in [-0.25, -0.2) is 0 Å². The highest BCUT2D eigenvalue weighted by molar-refractivity contribution is 5.97. The Morgan fingerprint density at radius 1 is 1.44 bits per heavy atom. The monoisotopic (exact) mass is 254 g/mol. The van der Waals surface area contributed by atoms with E-state index in [1.165, 1.54) is 12.0 Å². The number of methoxy groups -OCH3 is 2. The lowest BCUT2D eigenvalue weighted by Gasteiger charge is -2.22. The molecule has 6 nitrogen and oxygen atoms in total. The largest absolute Gasteiger partial charge is 0.497 e. The van der Waals surface area contributed by atoms with Gasteiger partial charge in [0.15, 0.2) is 0 Å². The first-order chi connectivity index (χ1) is 8.54. The van der Waals surface area contributed by atoms with Crippen LogP contribution in [0.1, 0.15) is 0 Å². The standard InChI is InChI=1S/C12H18N2O4/c1-14(12(16)10(15)7-13)9-5-4-8(17-2)6-11(9)18-3/h4-6,10,15H,7,13H2,1-3H3. The predicted octanol–water partition coefficient (Wildman–Crippen LogP) is -0.0138. The summed E-state index contributed by atoms with van der Waals surface area (Å²) in [5.41, 5.74) is 5.79. The summed E-state index contributed by atoms with van der Waals surface area (Å²) in [7, 11) is 4.59. The van der Waals surface area contributed by atoms with Crippen molar-refractivity contribution in [1.29, 1.82) is 0 Å². The minimum atomic E-state index is -1.22. The smallest absolute Gasteiger partial charge is 0.256 e. The SMILES string of the molecule is COc1ccc(N(C)C(=O)C(O)CN)c(OC)c1. The first-order valence-corrected chi connectivity index (χ1v) is 5.42. The van der Waals surface area contributed by atoms with Crippen molar-refractivity contribution in [3.05, 3.63) is 18.2 Å². The summed E-state index contributed by atoms with van der Waals surface area (Å²) in [6, 6.07) is 5.04. The Balaban J connectivity index is 3.05. The molecule has 0 bridgehead atoms. The molecule has 0 saturated carbocycles. The quantitative estimate of drug-likeness (QED) is 0.771. The fraction of sp³-hybridized carbons (Fsp3) is 0.417. The number of nitrogens with two attached hydrogens (primary N) is 1. The minimum absolute atomic E-state index is 0.123. The summed E-state index contributed by atoms with van der Waals surface area (Å²) in [5, 5.41) is 9.44. The molecule has 0 aromatic heterocycles. The van der Waals surface area contributed by atoms with E-state index in [-0.39, 0.29) is 6.54 Å². The van der Waals surface area contributed by atoms with E-state index < -0.39 is 12.0 Å². The number of carbonyl (C=O) groups is 1. The Hall–Kier alpha value is -1.79. The highest BCUT2D eigenvalue weighted by Crippen LogP contribution is 2.31. The van der Waals surface area contributed by atoms with Gasteiger partial charge in [-0.2, -0.15) is 0 Å². The van der Waals surface area contributed by atoms with Crippen LogP contribution in [-0.2, 0) is 4.79 Å². The molecule has 6 heteroatoms. The maximum Gasteiger partial charge on any atom is 0.256 e. The van der Waals surface area contributed by atoms with Crippen LogP contribution in [0.25, 0.3) is 0 Å². The molecular formula is C12H18N2O4. The second kappa shape index (κ2) is 6.23. The first-order valence-electron chi connectivity index (χ1n) is 5.42. The molecule has 1 rings (SSSR count). The van der Waals surface area contributed by atoms with E-state index in [9.17, 15) is 9.90 Å². The van der Waals surface area contributed by atoms with E-state index in [1.54, 1.807) is 32.4 Å². The summed E-state index contributed by atoms with van der Waals surface area (Å²) < 4.78 is 10.3. The number of ether oxygens (including phenoxy) is 2. The number of benzene rings is 1. The van der Waals surface area contributed by atoms with Gasteiger partial charge >= 0.3 is 0 Å². The molecule has 1 aromatic rings. The van der Waals surface area contributed by atoms with Gasteiger partial charge in [0.05, 0.1) is 19.9 Å². The molecule has 0 fully saturated rings. The molecule has 0 saturated heterocycles. The van der Waals surface area contributed by atoms with Crippen LogP contribution in [0.15, 0.2) is 18.2 Å². The average Bonchev–Trinajstić information content (AvgIpc) is 2.43. The molecule has 0 radical (unpaired) electrons. The van der Waals surface area contributed by atoms with E-state index in [0.717, 1.165) is 0 Å². The zero-order valence-corrected chi connectivity index (χ0v) is 10.7. The average molecular weight is 254 g/mol. The summed E-state index contributed by atoms with van der Waals surface area (Å²) >= 11 is 0. The molecule has 18 heavy (non-hydrogen) atoms. The van der Waals surface area contributed by atoms with E-state index in [0.29, 0.717) is 17.2 Å². The molecular weight excluding hydrogens is 236 g/mol. The lowest BCUT2D eigenvalue weighted by Crippen LogP contribution is -2.40. The van der Waals surface area contributed by atoms with E-state index in [1.807, 2.05) is 0 Å². The second-order valence-electron chi connectivity index (χ2n) is 3.69. The fourth-order valence-electron chi connectivity index (χ4n) is 1.51. The van der Waals surface area contributed by atoms with Crippen molar-refractivity contribution in [2.45, 2.75) is 6.10 Å². The Morgan fingerprint density at radius 2 is 2.11 bits per heavy atom. The zero-order valence-electron chi connectivity index (χ0n) is 10.7. The third kappa shape index (κ3) is 2.91.